The van der Waals surface area contributed by atoms with Gasteiger partial charge in [0.15, 0.2) is 5.75 Å². The van der Waals surface area contributed by atoms with Crippen molar-refractivity contribution >= 4 is 17.5 Å². The average molecular weight is 368 g/mol. The Morgan fingerprint density at radius 3 is 2.70 bits per heavy atom. The molecule has 0 radical (unpaired) electrons. The molecule has 0 aliphatic carbocycles. The lowest BCUT2D eigenvalue weighted by Crippen LogP contribution is -2.34. The summed E-state index contributed by atoms with van der Waals surface area (Å²) in [4.78, 5) is 28.4. The minimum atomic E-state index is -0.288. The first-order valence-electron chi connectivity index (χ1n) is 9.05. The molecule has 1 saturated heterocycles. The molecule has 2 heterocycles. The van der Waals surface area contributed by atoms with E-state index in [0.29, 0.717) is 17.2 Å². The molecule has 27 heavy (non-hydrogen) atoms. The predicted molar refractivity (Wildman–Crippen MR) is 103 cm³/mol. The maximum absolute atomic E-state index is 12.6. The summed E-state index contributed by atoms with van der Waals surface area (Å²) >= 11 is 0. The van der Waals surface area contributed by atoms with Gasteiger partial charge < -0.3 is 20.7 Å². The largest absolute Gasteiger partial charge is 0.455 e. The van der Waals surface area contributed by atoms with E-state index in [0.717, 1.165) is 31.5 Å². The Labute approximate surface area is 158 Å². The highest BCUT2D eigenvalue weighted by molar-refractivity contribution is 5.94. The van der Waals surface area contributed by atoms with Crippen LogP contribution in [0.15, 0.2) is 36.5 Å². The number of anilines is 1. The van der Waals surface area contributed by atoms with Gasteiger partial charge in [0.25, 0.3) is 5.91 Å². The van der Waals surface area contributed by atoms with Gasteiger partial charge in [0.1, 0.15) is 11.4 Å². The summed E-state index contributed by atoms with van der Waals surface area (Å²) in [6.45, 7) is 3.66. The highest BCUT2D eigenvalue weighted by Crippen LogP contribution is 2.31. The third-order valence-electron chi connectivity index (χ3n) is 4.52. The molecule has 0 unspecified atom stereocenters. The third-order valence-corrected chi connectivity index (χ3v) is 4.52. The van der Waals surface area contributed by atoms with Crippen molar-refractivity contribution in [2.75, 3.05) is 25.5 Å². The van der Waals surface area contributed by atoms with Crippen LogP contribution in [-0.2, 0) is 4.79 Å². The van der Waals surface area contributed by atoms with Gasteiger partial charge in [0.05, 0.1) is 5.69 Å². The monoisotopic (exact) mass is 368 g/mol. The Morgan fingerprint density at radius 1 is 1.19 bits per heavy atom. The van der Waals surface area contributed by atoms with Crippen LogP contribution in [0.2, 0.25) is 0 Å². The van der Waals surface area contributed by atoms with E-state index < -0.39 is 0 Å². The van der Waals surface area contributed by atoms with Gasteiger partial charge in [-0.05, 0) is 56.6 Å². The molecule has 1 aliphatic heterocycles. The summed E-state index contributed by atoms with van der Waals surface area (Å²) in [6, 6.07) is 8.86. The van der Waals surface area contributed by atoms with Gasteiger partial charge >= 0.3 is 0 Å². The molecular formula is C20H24N4O3. The van der Waals surface area contributed by atoms with Crippen molar-refractivity contribution in [3.05, 3.63) is 47.8 Å². The number of rotatable bonds is 5. The Hall–Kier alpha value is -2.93. The fraction of sp³-hybridized carbons (Fsp3) is 0.350. The molecule has 0 bridgehead atoms. The summed E-state index contributed by atoms with van der Waals surface area (Å²) in [6.07, 6.45) is 3.17. The van der Waals surface area contributed by atoms with E-state index in [1.54, 1.807) is 19.2 Å². The van der Waals surface area contributed by atoms with E-state index in [1.807, 2.05) is 25.1 Å². The van der Waals surface area contributed by atoms with E-state index in [2.05, 4.69) is 20.9 Å². The molecule has 1 aromatic heterocycles. The molecule has 2 amide bonds. The maximum atomic E-state index is 12.6. The van der Waals surface area contributed by atoms with Crippen LogP contribution in [0.3, 0.4) is 0 Å². The molecule has 3 rings (SSSR count). The summed E-state index contributed by atoms with van der Waals surface area (Å²) in [5.74, 6) is 0.731. The van der Waals surface area contributed by atoms with Crippen LogP contribution < -0.4 is 20.7 Å². The molecule has 0 saturated carbocycles. The molecule has 7 nitrogen and oxygen atoms in total. The Balaban J connectivity index is 1.80. The standard InChI is InChI=1S/C20H24N4O3/c1-13-3-4-16(24-19(25)14-5-8-22-9-6-14)18(11-13)27-15-7-10-23-17(12-15)20(26)21-2/h3-4,7,10-12,14,22H,5-6,8-9H2,1-2H3,(H,21,26)(H,24,25). The molecule has 1 aromatic carbocycles. The van der Waals surface area contributed by atoms with E-state index in [-0.39, 0.29) is 23.4 Å². The summed E-state index contributed by atoms with van der Waals surface area (Å²) in [5, 5.41) is 8.79. The predicted octanol–water partition coefficient (Wildman–Crippen LogP) is 2.48. The minimum absolute atomic E-state index is 0.00109. The van der Waals surface area contributed by atoms with Gasteiger partial charge in [-0.25, -0.2) is 0 Å². The molecule has 1 fully saturated rings. The number of carbonyl (C=O) groups is 2. The third kappa shape index (κ3) is 4.83. The van der Waals surface area contributed by atoms with Gasteiger partial charge in [-0.3, -0.25) is 14.6 Å². The fourth-order valence-electron chi connectivity index (χ4n) is 2.99. The number of hydrogen-bond acceptors (Lipinski definition) is 5. The summed E-state index contributed by atoms with van der Waals surface area (Å²) < 4.78 is 5.97. The van der Waals surface area contributed by atoms with Crippen molar-refractivity contribution in [3.8, 4) is 11.5 Å². The molecule has 1 aliphatic rings. The molecule has 0 spiro atoms. The van der Waals surface area contributed by atoms with Crippen molar-refractivity contribution < 1.29 is 14.3 Å². The van der Waals surface area contributed by atoms with E-state index in [9.17, 15) is 9.59 Å². The first-order valence-corrected chi connectivity index (χ1v) is 9.05. The number of benzene rings is 1. The van der Waals surface area contributed by atoms with Crippen molar-refractivity contribution in [3.63, 3.8) is 0 Å². The van der Waals surface area contributed by atoms with Crippen LogP contribution in [0.4, 0.5) is 5.69 Å². The van der Waals surface area contributed by atoms with Crippen molar-refractivity contribution in [2.24, 2.45) is 5.92 Å². The second kappa shape index (κ2) is 8.64. The van der Waals surface area contributed by atoms with E-state index in [1.165, 1.54) is 6.20 Å². The van der Waals surface area contributed by atoms with E-state index in [4.69, 9.17) is 4.74 Å². The quantitative estimate of drug-likeness (QED) is 0.754. The molecule has 142 valence electrons. The maximum Gasteiger partial charge on any atom is 0.269 e. The van der Waals surface area contributed by atoms with Crippen LogP contribution in [0.1, 0.15) is 28.9 Å². The van der Waals surface area contributed by atoms with Crippen LogP contribution >= 0.6 is 0 Å². The van der Waals surface area contributed by atoms with Crippen LogP contribution in [0.5, 0.6) is 11.5 Å². The first-order chi connectivity index (χ1) is 13.1. The molecule has 7 heteroatoms. The van der Waals surface area contributed by atoms with Gasteiger partial charge in [0, 0.05) is 25.2 Å². The number of nitrogens with one attached hydrogen (secondary N) is 3. The average Bonchev–Trinajstić information content (AvgIpc) is 2.70. The number of nitrogens with zero attached hydrogens (tertiary/aromatic N) is 1. The van der Waals surface area contributed by atoms with Gasteiger partial charge in [-0.2, -0.15) is 0 Å². The zero-order valence-electron chi connectivity index (χ0n) is 15.5. The number of aromatic nitrogens is 1. The number of hydrogen-bond donors (Lipinski definition) is 3. The highest BCUT2D eigenvalue weighted by Gasteiger charge is 2.22. The van der Waals surface area contributed by atoms with Crippen molar-refractivity contribution in [1.82, 2.24) is 15.6 Å². The zero-order valence-corrected chi connectivity index (χ0v) is 15.5. The number of amides is 2. The Kier molecular flexibility index (Phi) is 6.03. The van der Waals surface area contributed by atoms with Crippen LogP contribution in [0, 0.1) is 12.8 Å². The number of ether oxygens (including phenoxy) is 1. The summed E-state index contributed by atoms with van der Waals surface area (Å²) in [7, 11) is 1.55. The highest BCUT2D eigenvalue weighted by atomic mass is 16.5. The van der Waals surface area contributed by atoms with Crippen LogP contribution in [0.25, 0.3) is 0 Å². The lowest BCUT2D eigenvalue weighted by Gasteiger charge is -2.22. The Morgan fingerprint density at radius 2 is 1.96 bits per heavy atom. The molecule has 3 N–H and O–H groups in total. The van der Waals surface area contributed by atoms with E-state index >= 15 is 0 Å². The second-order valence-electron chi connectivity index (χ2n) is 6.57. The molecule has 2 aromatic rings. The molecular weight excluding hydrogens is 344 g/mol. The van der Waals surface area contributed by atoms with Gasteiger partial charge in [-0.15, -0.1) is 0 Å². The number of aryl methyl sites for hydroxylation is 1. The topological polar surface area (TPSA) is 92.4 Å². The SMILES string of the molecule is CNC(=O)c1cc(Oc2cc(C)ccc2NC(=O)C2CCNCC2)ccn1. The normalized spacial score (nSPS) is 14.4. The second-order valence-corrected chi connectivity index (χ2v) is 6.57. The zero-order chi connectivity index (χ0) is 19.2. The number of pyridine rings is 1. The molecule has 0 atom stereocenters. The lowest BCUT2D eigenvalue weighted by atomic mass is 9.97. The smallest absolute Gasteiger partial charge is 0.269 e. The number of carbonyl (C=O) groups excluding carboxylic acids is 2. The van der Waals surface area contributed by atoms with Gasteiger partial charge in [0.2, 0.25) is 5.91 Å². The van der Waals surface area contributed by atoms with Gasteiger partial charge in [-0.1, -0.05) is 6.07 Å². The van der Waals surface area contributed by atoms with Crippen molar-refractivity contribution in [2.45, 2.75) is 19.8 Å². The Bertz CT molecular complexity index is 832. The minimum Gasteiger partial charge on any atom is -0.455 e. The number of piperidine rings is 1. The summed E-state index contributed by atoms with van der Waals surface area (Å²) in [5.41, 5.74) is 1.89. The van der Waals surface area contributed by atoms with Crippen molar-refractivity contribution in [1.29, 1.82) is 0 Å². The van der Waals surface area contributed by atoms with Crippen LogP contribution in [-0.4, -0.2) is 36.9 Å². The first kappa shape index (κ1) is 18.8. The lowest BCUT2D eigenvalue weighted by molar-refractivity contribution is -0.120. The fourth-order valence-corrected chi connectivity index (χ4v) is 2.99.